The Hall–Kier alpha value is -1.20. The lowest BCUT2D eigenvalue weighted by Gasteiger charge is -2.29. The molecule has 1 saturated heterocycles. The summed E-state index contributed by atoms with van der Waals surface area (Å²) in [5, 5.41) is 6.70. The summed E-state index contributed by atoms with van der Waals surface area (Å²) in [5.41, 5.74) is 0. The van der Waals surface area contributed by atoms with Crippen LogP contribution in [0.2, 0.25) is 0 Å². The van der Waals surface area contributed by atoms with Crippen molar-refractivity contribution in [2.75, 3.05) is 31.5 Å². The van der Waals surface area contributed by atoms with Crippen molar-refractivity contribution in [2.45, 2.75) is 26.2 Å². The predicted molar refractivity (Wildman–Crippen MR) is 85.4 cm³/mol. The standard InChI is InChI=1S/C15H22N4S/c1-12(10-19-6-3-2-4-7-19)9-16-14-13-5-8-20-15(13)18-11-17-14/h5,8,11-12H,2-4,6-7,9-10H2,1H3,(H,16,17,18)/t12-/m1/s1. The monoisotopic (exact) mass is 290 g/mol. The third-order valence-electron chi connectivity index (χ3n) is 3.90. The van der Waals surface area contributed by atoms with Crippen molar-refractivity contribution in [2.24, 2.45) is 5.92 Å². The zero-order valence-corrected chi connectivity index (χ0v) is 12.8. The molecule has 0 unspecified atom stereocenters. The van der Waals surface area contributed by atoms with Gasteiger partial charge in [-0.3, -0.25) is 0 Å². The molecule has 5 heteroatoms. The quantitative estimate of drug-likeness (QED) is 0.918. The number of nitrogens with zero attached hydrogens (tertiary/aromatic N) is 3. The summed E-state index contributed by atoms with van der Waals surface area (Å²) in [6.07, 6.45) is 5.78. The number of nitrogens with one attached hydrogen (secondary N) is 1. The average molecular weight is 290 g/mol. The van der Waals surface area contributed by atoms with E-state index < -0.39 is 0 Å². The van der Waals surface area contributed by atoms with Crippen LogP contribution in [0.15, 0.2) is 17.8 Å². The van der Waals surface area contributed by atoms with Crippen molar-refractivity contribution in [1.29, 1.82) is 0 Å². The van der Waals surface area contributed by atoms with Gasteiger partial charge >= 0.3 is 0 Å². The summed E-state index contributed by atoms with van der Waals surface area (Å²) in [5.74, 6) is 1.61. The van der Waals surface area contributed by atoms with Gasteiger partial charge in [0.1, 0.15) is 17.0 Å². The highest BCUT2D eigenvalue weighted by molar-refractivity contribution is 7.16. The first-order valence-corrected chi connectivity index (χ1v) is 8.35. The number of thiophene rings is 1. The van der Waals surface area contributed by atoms with Crippen LogP contribution in [0.25, 0.3) is 10.2 Å². The smallest absolute Gasteiger partial charge is 0.138 e. The summed E-state index contributed by atoms with van der Waals surface area (Å²) < 4.78 is 0. The van der Waals surface area contributed by atoms with E-state index in [-0.39, 0.29) is 0 Å². The molecule has 0 spiro atoms. The summed E-state index contributed by atoms with van der Waals surface area (Å²) >= 11 is 1.66. The zero-order chi connectivity index (χ0) is 13.8. The highest BCUT2D eigenvalue weighted by atomic mass is 32.1. The lowest BCUT2D eigenvalue weighted by atomic mass is 10.1. The van der Waals surface area contributed by atoms with E-state index in [0.29, 0.717) is 5.92 Å². The molecule has 3 heterocycles. The topological polar surface area (TPSA) is 41.1 Å². The van der Waals surface area contributed by atoms with Gasteiger partial charge in [0.2, 0.25) is 0 Å². The molecule has 1 aliphatic heterocycles. The maximum Gasteiger partial charge on any atom is 0.138 e. The van der Waals surface area contributed by atoms with Gasteiger partial charge in [-0.1, -0.05) is 13.3 Å². The summed E-state index contributed by atoms with van der Waals surface area (Å²) in [6, 6.07) is 2.09. The zero-order valence-electron chi connectivity index (χ0n) is 12.0. The molecule has 0 aromatic carbocycles. The molecule has 2 aromatic rings. The molecule has 0 amide bonds. The fourth-order valence-electron chi connectivity index (χ4n) is 2.85. The third kappa shape index (κ3) is 3.27. The summed E-state index contributed by atoms with van der Waals surface area (Å²) in [4.78, 5) is 12.3. The SMILES string of the molecule is C[C@H](CNc1ncnc2sccc12)CN1CCCCC1. The van der Waals surface area contributed by atoms with E-state index in [1.54, 1.807) is 17.7 Å². The van der Waals surface area contributed by atoms with Gasteiger partial charge in [0, 0.05) is 13.1 Å². The fourth-order valence-corrected chi connectivity index (χ4v) is 3.58. The van der Waals surface area contributed by atoms with Crippen molar-refractivity contribution < 1.29 is 0 Å². The van der Waals surface area contributed by atoms with Crippen molar-refractivity contribution in [3.05, 3.63) is 17.8 Å². The van der Waals surface area contributed by atoms with E-state index in [1.807, 2.05) is 0 Å². The summed E-state index contributed by atoms with van der Waals surface area (Å²) in [7, 11) is 0. The highest BCUT2D eigenvalue weighted by Crippen LogP contribution is 2.23. The summed E-state index contributed by atoms with van der Waals surface area (Å²) in [6.45, 7) is 7.01. The second kappa shape index (κ2) is 6.50. The second-order valence-corrected chi connectivity index (χ2v) is 6.60. The number of anilines is 1. The minimum absolute atomic E-state index is 0.636. The van der Waals surface area contributed by atoms with E-state index in [9.17, 15) is 0 Å². The minimum Gasteiger partial charge on any atom is -0.369 e. The second-order valence-electron chi connectivity index (χ2n) is 5.71. The molecule has 2 aromatic heterocycles. The molecular weight excluding hydrogens is 268 g/mol. The predicted octanol–water partition coefficient (Wildman–Crippen LogP) is 3.23. The van der Waals surface area contributed by atoms with Crippen LogP contribution >= 0.6 is 11.3 Å². The van der Waals surface area contributed by atoms with E-state index in [1.165, 1.54) is 38.9 Å². The van der Waals surface area contributed by atoms with Crippen LogP contribution in [0.3, 0.4) is 0 Å². The molecule has 3 rings (SSSR count). The molecule has 1 N–H and O–H groups in total. The van der Waals surface area contributed by atoms with Crippen molar-refractivity contribution >= 4 is 27.4 Å². The van der Waals surface area contributed by atoms with E-state index in [0.717, 1.165) is 22.6 Å². The molecule has 20 heavy (non-hydrogen) atoms. The van der Waals surface area contributed by atoms with Crippen LogP contribution in [0.4, 0.5) is 5.82 Å². The highest BCUT2D eigenvalue weighted by Gasteiger charge is 2.13. The fraction of sp³-hybridized carbons (Fsp3) is 0.600. The number of aromatic nitrogens is 2. The first-order chi connectivity index (χ1) is 9.83. The van der Waals surface area contributed by atoms with Gasteiger partial charge < -0.3 is 10.2 Å². The number of piperidine rings is 1. The van der Waals surface area contributed by atoms with Crippen LogP contribution in [-0.4, -0.2) is 41.0 Å². The molecule has 1 atom stereocenters. The molecule has 1 fully saturated rings. The van der Waals surface area contributed by atoms with Crippen LogP contribution < -0.4 is 5.32 Å². The van der Waals surface area contributed by atoms with Crippen LogP contribution in [-0.2, 0) is 0 Å². The van der Waals surface area contributed by atoms with Gasteiger partial charge in [-0.05, 0) is 43.3 Å². The molecular formula is C15H22N4S. The minimum atomic E-state index is 0.636. The van der Waals surface area contributed by atoms with E-state index in [2.05, 4.69) is 38.6 Å². The molecule has 0 saturated carbocycles. The normalized spacial score (nSPS) is 18.2. The van der Waals surface area contributed by atoms with Crippen molar-refractivity contribution in [3.63, 3.8) is 0 Å². The Labute approximate surface area is 124 Å². The lowest BCUT2D eigenvalue weighted by Crippen LogP contribution is -2.35. The molecule has 108 valence electrons. The van der Waals surface area contributed by atoms with Gasteiger partial charge in [0.25, 0.3) is 0 Å². The largest absolute Gasteiger partial charge is 0.369 e. The first kappa shape index (κ1) is 13.8. The number of hydrogen-bond acceptors (Lipinski definition) is 5. The van der Waals surface area contributed by atoms with Crippen LogP contribution in [0.1, 0.15) is 26.2 Å². The number of fused-ring (bicyclic) bond motifs is 1. The molecule has 0 aliphatic carbocycles. The van der Waals surface area contributed by atoms with Crippen molar-refractivity contribution in [3.8, 4) is 0 Å². The van der Waals surface area contributed by atoms with Gasteiger partial charge in [0.15, 0.2) is 0 Å². The van der Waals surface area contributed by atoms with Gasteiger partial charge in [0.05, 0.1) is 5.39 Å². The number of likely N-dealkylation sites (tertiary alicyclic amines) is 1. The Morgan fingerprint density at radius 3 is 3.00 bits per heavy atom. The average Bonchev–Trinajstić information content (AvgIpc) is 2.95. The molecule has 1 aliphatic rings. The Balaban J connectivity index is 1.54. The van der Waals surface area contributed by atoms with Crippen LogP contribution in [0.5, 0.6) is 0 Å². The van der Waals surface area contributed by atoms with E-state index in [4.69, 9.17) is 0 Å². The Morgan fingerprint density at radius 2 is 2.15 bits per heavy atom. The van der Waals surface area contributed by atoms with Gasteiger partial charge in [-0.15, -0.1) is 11.3 Å². The molecule has 4 nitrogen and oxygen atoms in total. The van der Waals surface area contributed by atoms with Gasteiger partial charge in [-0.25, -0.2) is 9.97 Å². The van der Waals surface area contributed by atoms with Crippen LogP contribution in [0, 0.1) is 5.92 Å². The van der Waals surface area contributed by atoms with E-state index >= 15 is 0 Å². The third-order valence-corrected chi connectivity index (χ3v) is 4.72. The number of rotatable bonds is 5. The number of hydrogen-bond donors (Lipinski definition) is 1. The van der Waals surface area contributed by atoms with Gasteiger partial charge in [-0.2, -0.15) is 0 Å². The maximum absolute atomic E-state index is 4.37. The maximum atomic E-state index is 4.37. The first-order valence-electron chi connectivity index (χ1n) is 7.47. The Morgan fingerprint density at radius 1 is 1.30 bits per heavy atom. The Bertz CT molecular complexity index is 548. The Kier molecular flexibility index (Phi) is 4.47. The molecule has 0 radical (unpaired) electrons. The lowest BCUT2D eigenvalue weighted by molar-refractivity contribution is 0.204. The van der Waals surface area contributed by atoms with Crippen molar-refractivity contribution in [1.82, 2.24) is 14.9 Å². The molecule has 0 bridgehead atoms.